The van der Waals surface area contributed by atoms with Crippen LogP contribution in [0.25, 0.3) is 0 Å². The van der Waals surface area contributed by atoms with E-state index in [0.29, 0.717) is 10.2 Å². The van der Waals surface area contributed by atoms with Crippen molar-refractivity contribution in [1.82, 2.24) is 0 Å². The van der Waals surface area contributed by atoms with Crippen molar-refractivity contribution in [3.05, 3.63) is 28.5 Å². The lowest BCUT2D eigenvalue weighted by Crippen LogP contribution is -2.30. The number of nitrogens with one attached hydrogen (secondary N) is 1. The van der Waals surface area contributed by atoms with Crippen molar-refractivity contribution in [3.8, 4) is 5.75 Å². The van der Waals surface area contributed by atoms with E-state index in [0.717, 1.165) is 0 Å². The number of rotatable bonds is 3. The predicted octanol–water partition coefficient (Wildman–Crippen LogP) is 2.29. The fourth-order valence-corrected chi connectivity index (χ4v) is 1.16. The average molecular weight is 261 g/mol. The van der Waals surface area contributed by atoms with Gasteiger partial charge in [-0.25, -0.2) is 4.39 Å². The minimum Gasteiger partial charge on any atom is -0.482 e. The molecule has 1 aromatic rings. The van der Waals surface area contributed by atoms with Crippen LogP contribution >= 0.6 is 15.9 Å². The summed E-state index contributed by atoms with van der Waals surface area (Å²) in [6, 6.07) is 4.09. The zero-order valence-electron chi connectivity index (χ0n) is 7.55. The van der Waals surface area contributed by atoms with Gasteiger partial charge in [-0.05, 0) is 35.0 Å². The van der Waals surface area contributed by atoms with Crippen molar-refractivity contribution in [1.29, 1.82) is 5.41 Å². The molecule has 0 saturated carbocycles. The summed E-state index contributed by atoms with van der Waals surface area (Å²) >= 11 is 3.21. The summed E-state index contributed by atoms with van der Waals surface area (Å²) < 4.78 is 18.7. The van der Waals surface area contributed by atoms with Crippen molar-refractivity contribution in [2.45, 2.75) is 13.0 Å². The van der Waals surface area contributed by atoms with Crippen molar-refractivity contribution in [2.75, 3.05) is 0 Å². The first-order valence-electron chi connectivity index (χ1n) is 3.96. The molecule has 1 atom stereocenters. The molecule has 0 spiro atoms. The van der Waals surface area contributed by atoms with E-state index in [-0.39, 0.29) is 11.7 Å². The average Bonchev–Trinajstić information content (AvgIpc) is 2.11. The van der Waals surface area contributed by atoms with Gasteiger partial charge in [0.05, 0.1) is 4.47 Å². The first-order valence-corrected chi connectivity index (χ1v) is 4.75. The Labute approximate surface area is 89.7 Å². The Kier molecular flexibility index (Phi) is 3.46. The SMILES string of the molecule is CC(Oc1cc(F)ccc1Br)C(=N)N. The number of benzene rings is 1. The van der Waals surface area contributed by atoms with Crippen molar-refractivity contribution >= 4 is 21.8 Å². The molecule has 0 amide bonds. The summed E-state index contributed by atoms with van der Waals surface area (Å²) in [5.41, 5.74) is 5.22. The van der Waals surface area contributed by atoms with Crippen LogP contribution in [0.1, 0.15) is 6.92 Å². The van der Waals surface area contributed by atoms with E-state index in [9.17, 15) is 4.39 Å². The van der Waals surface area contributed by atoms with Gasteiger partial charge >= 0.3 is 0 Å². The number of amidine groups is 1. The molecule has 0 heterocycles. The molecule has 0 aromatic heterocycles. The van der Waals surface area contributed by atoms with Crippen LogP contribution < -0.4 is 10.5 Å². The van der Waals surface area contributed by atoms with Crippen LogP contribution in [0.2, 0.25) is 0 Å². The molecular weight excluding hydrogens is 251 g/mol. The molecule has 0 aliphatic heterocycles. The lowest BCUT2D eigenvalue weighted by atomic mass is 10.3. The van der Waals surface area contributed by atoms with E-state index in [4.69, 9.17) is 15.9 Å². The normalized spacial score (nSPS) is 12.2. The first kappa shape index (κ1) is 11.0. The van der Waals surface area contributed by atoms with Gasteiger partial charge in [0.2, 0.25) is 0 Å². The van der Waals surface area contributed by atoms with Gasteiger partial charge in [0.15, 0.2) is 6.10 Å². The van der Waals surface area contributed by atoms with Crippen molar-refractivity contribution in [2.24, 2.45) is 5.73 Å². The van der Waals surface area contributed by atoms with Gasteiger partial charge in [0, 0.05) is 6.07 Å². The Morgan fingerprint density at radius 1 is 1.64 bits per heavy atom. The largest absolute Gasteiger partial charge is 0.482 e. The number of hydrogen-bond acceptors (Lipinski definition) is 2. The third-order valence-electron chi connectivity index (χ3n) is 1.63. The Balaban J connectivity index is 2.85. The van der Waals surface area contributed by atoms with E-state index < -0.39 is 6.10 Å². The van der Waals surface area contributed by atoms with Crippen LogP contribution in [0.15, 0.2) is 22.7 Å². The molecule has 76 valence electrons. The Morgan fingerprint density at radius 2 is 2.29 bits per heavy atom. The van der Waals surface area contributed by atoms with Gasteiger partial charge < -0.3 is 10.5 Å². The summed E-state index contributed by atoms with van der Waals surface area (Å²) in [5.74, 6) is -0.146. The summed E-state index contributed by atoms with van der Waals surface area (Å²) in [6.07, 6.45) is -0.562. The van der Waals surface area contributed by atoms with Gasteiger partial charge in [-0.15, -0.1) is 0 Å². The smallest absolute Gasteiger partial charge is 0.152 e. The summed E-state index contributed by atoms with van der Waals surface area (Å²) in [6.45, 7) is 1.62. The Hall–Kier alpha value is -1.10. The maximum Gasteiger partial charge on any atom is 0.152 e. The maximum atomic E-state index is 12.8. The molecule has 1 unspecified atom stereocenters. The molecule has 0 radical (unpaired) electrons. The van der Waals surface area contributed by atoms with Crippen molar-refractivity contribution < 1.29 is 9.13 Å². The second-order valence-corrected chi connectivity index (χ2v) is 3.64. The predicted molar refractivity (Wildman–Crippen MR) is 56.1 cm³/mol. The van der Waals surface area contributed by atoms with E-state index in [1.165, 1.54) is 18.2 Å². The summed E-state index contributed by atoms with van der Waals surface area (Å²) in [7, 11) is 0. The van der Waals surface area contributed by atoms with E-state index in [1.807, 2.05) is 0 Å². The highest BCUT2D eigenvalue weighted by Crippen LogP contribution is 2.26. The molecule has 5 heteroatoms. The number of halogens is 2. The molecule has 0 fully saturated rings. The molecule has 0 aliphatic rings. The molecule has 3 N–H and O–H groups in total. The number of nitrogens with two attached hydrogens (primary N) is 1. The van der Waals surface area contributed by atoms with Gasteiger partial charge in [-0.2, -0.15) is 0 Å². The number of hydrogen-bond donors (Lipinski definition) is 2. The third kappa shape index (κ3) is 2.70. The molecule has 14 heavy (non-hydrogen) atoms. The maximum absolute atomic E-state index is 12.8. The van der Waals surface area contributed by atoms with Crippen LogP contribution in [0.3, 0.4) is 0 Å². The second kappa shape index (κ2) is 4.41. The van der Waals surface area contributed by atoms with Crippen LogP contribution in [0.4, 0.5) is 4.39 Å². The van der Waals surface area contributed by atoms with Crippen LogP contribution in [-0.2, 0) is 0 Å². The van der Waals surface area contributed by atoms with Gasteiger partial charge in [0.25, 0.3) is 0 Å². The molecule has 0 aliphatic carbocycles. The highest BCUT2D eigenvalue weighted by atomic mass is 79.9. The van der Waals surface area contributed by atoms with Gasteiger partial charge in [0.1, 0.15) is 17.4 Å². The lowest BCUT2D eigenvalue weighted by molar-refractivity contribution is 0.281. The standard InChI is InChI=1S/C9H10BrFN2O/c1-5(9(12)13)14-8-4-6(11)2-3-7(8)10/h2-5H,1H3,(H3,12,13). The molecule has 0 bridgehead atoms. The fourth-order valence-electron chi connectivity index (χ4n) is 0.821. The highest BCUT2D eigenvalue weighted by Gasteiger charge is 2.10. The first-order chi connectivity index (χ1) is 6.50. The zero-order chi connectivity index (χ0) is 10.7. The number of ether oxygens (including phenoxy) is 1. The van der Waals surface area contributed by atoms with E-state index in [2.05, 4.69) is 15.9 Å². The van der Waals surface area contributed by atoms with Crippen LogP contribution in [-0.4, -0.2) is 11.9 Å². The molecule has 1 aromatic carbocycles. The fraction of sp³-hybridized carbons (Fsp3) is 0.222. The monoisotopic (exact) mass is 260 g/mol. The van der Waals surface area contributed by atoms with Gasteiger partial charge in [-0.3, -0.25) is 5.41 Å². The molecule has 1 rings (SSSR count). The summed E-state index contributed by atoms with van der Waals surface area (Å²) in [4.78, 5) is 0. The zero-order valence-corrected chi connectivity index (χ0v) is 9.14. The third-order valence-corrected chi connectivity index (χ3v) is 2.29. The van der Waals surface area contributed by atoms with Crippen LogP contribution in [0.5, 0.6) is 5.75 Å². The highest BCUT2D eigenvalue weighted by molar-refractivity contribution is 9.10. The quantitative estimate of drug-likeness (QED) is 0.647. The molecule has 3 nitrogen and oxygen atoms in total. The van der Waals surface area contributed by atoms with Gasteiger partial charge in [-0.1, -0.05) is 0 Å². The second-order valence-electron chi connectivity index (χ2n) is 2.79. The Bertz CT molecular complexity index is 357. The Morgan fingerprint density at radius 3 is 2.86 bits per heavy atom. The molecule has 0 saturated heterocycles. The topological polar surface area (TPSA) is 59.1 Å². The minimum absolute atomic E-state index is 0.0961. The van der Waals surface area contributed by atoms with Crippen LogP contribution in [0, 0.1) is 11.2 Å². The van der Waals surface area contributed by atoms with Crippen molar-refractivity contribution in [3.63, 3.8) is 0 Å². The molecular formula is C9H10BrFN2O. The lowest BCUT2D eigenvalue weighted by Gasteiger charge is -2.14. The van der Waals surface area contributed by atoms with E-state index in [1.54, 1.807) is 6.92 Å². The minimum atomic E-state index is -0.562. The van der Waals surface area contributed by atoms with E-state index >= 15 is 0 Å². The summed E-state index contributed by atoms with van der Waals surface area (Å²) in [5, 5.41) is 7.12.